The number of ether oxygens (including phenoxy) is 1. The van der Waals surface area contributed by atoms with Crippen molar-refractivity contribution in [1.82, 2.24) is 9.88 Å². The van der Waals surface area contributed by atoms with Crippen LogP contribution >= 0.6 is 0 Å². The molecule has 1 atom stereocenters. The molecule has 2 heterocycles. The van der Waals surface area contributed by atoms with Crippen molar-refractivity contribution in [3.63, 3.8) is 0 Å². The Hall–Kier alpha value is -3.74. The third-order valence-corrected chi connectivity index (χ3v) is 4.33. The van der Waals surface area contributed by atoms with Gasteiger partial charge < -0.3 is 4.74 Å². The number of esters is 1. The molecule has 1 saturated heterocycles. The summed E-state index contributed by atoms with van der Waals surface area (Å²) in [4.78, 5) is 39.9. The zero-order valence-corrected chi connectivity index (χ0v) is 15.8. The summed E-state index contributed by atoms with van der Waals surface area (Å²) in [5, 5.41) is 0. The third kappa shape index (κ3) is 5.25. The minimum Gasteiger partial charge on any atom is -0.446 e. The first kappa shape index (κ1) is 22.0. The lowest BCUT2D eigenvalue weighted by molar-refractivity contribution is -0.207. The summed E-state index contributed by atoms with van der Waals surface area (Å²) in [6, 6.07) is 9.20. The van der Waals surface area contributed by atoms with E-state index in [-0.39, 0.29) is 12.8 Å². The highest BCUT2D eigenvalue weighted by atomic mass is 19.4. The molecule has 0 N–H and O–H groups in total. The maximum atomic E-state index is 13.8. The molecule has 1 aromatic heterocycles. The number of nitrogens with zero attached hydrogens (tertiary/aromatic N) is 2. The first-order chi connectivity index (χ1) is 14.7. The van der Waals surface area contributed by atoms with Crippen LogP contribution in [0.25, 0.3) is 11.3 Å². The number of imide groups is 1. The number of halogens is 4. The lowest BCUT2D eigenvalue weighted by Crippen LogP contribution is -2.50. The number of pyridine rings is 1. The van der Waals surface area contributed by atoms with Crippen LogP contribution in [0.4, 0.5) is 17.6 Å². The maximum Gasteiger partial charge on any atom is 0.490 e. The minimum absolute atomic E-state index is 0.262. The van der Waals surface area contributed by atoms with Gasteiger partial charge >= 0.3 is 12.1 Å². The number of carbonyl (C=O) groups excluding carboxylic acids is 3. The number of benzene rings is 1. The zero-order valence-electron chi connectivity index (χ0n) is 15.8. The van der Waals surface area contributed by atoms with Gasteiger partial charge in [0.15, 0.2) is 6.10 Å². The van der Waals surface area contributed by atoms with E-state index in [4.69, 9.17) is 0 Å². The molecule has 0 spiro atoms. The fourth-order valence-electron chi connectivity index (χ4n) is 2.80. The van der Waals surface area contributed by atoms with Crippen molar-refractivity contribution >= 4 is 17.8 Å². The van der Waals surface area contributed by atoms with Crippen molar-refractivity contribution in [3.05, 3.63) is 54.0 Å². The number of alkyl halides is 3. The molecule has 1 fully saturated rings. The van der Waals surface area contributed by atoms with Crippen molar-refractivity contribution in [2.45, 2.75) is 25.1 Å². The molecule has 3 rings (SSSR count). The summed E-state index contributed by atoms with van der Waals surface area (Å²) in [5.74, 6) is 0.612. The first-order valence-corrected chi connectivity index (χ1v) is 8.98. The van der Waals surface area contributed by atoms with E-state index in [2.05, 4.69) is 21.6 Å². The topological polar surface area (TPSA) is 76.6 Å². The van der Waals surface area contributed by atoms with Gasteiger partial charge in [0, 0.05) is 30.2 Å². The van der Waals surface area contributed by atoms with Crippen molar-refractivity contribution in [1.29, 1.82) is 0 Å². The molecule has 1 aliphatic rings. The van der Waals surface area contributed by atoms with Crippen LogP contribution in [0.5, 0.6) is 0 Å². The molecule has 31 heavy (non-hydrogen) atoms. The first-order valence-electron chi connectivity index (χ1n) is 8.98. The summed E-state index contributed by atoms with van der Waals surface area (Å²) in [7, 11) is 0. The molecule has 2 amide bonds. The highest BCUT2D eigenvalue weighted by Crippen LogP contribution is 2.22. The molecule has 0 bridgehead atoms. The molecule has 10 heteroatoms. The maximum absolute atomic E-state index is 13.8. The summed E-state index contributed by atoms with van der Waals surface area (Å²) < 4.78 is 55.0. The third-order valence-electron chi connectivity index (χ3n) is 4.33. The fourth-order valence-corrected chi connectivity index (χ4v) is 2.80. The Kier molecular flexibility index (Phi) is 6.34. The predicted molar refractivity (Wildman–Crippen MR) is 98.4 cm³/mol. The standard InChI is InChI=1S/C21H14F4N2O4/c22-15-6-2-1-5-14(15)16-8-7-13(12-26-16)4-3-11-27-18(28)10-9-17(19(27)29)31-20(30)21(23,24)25/h1-2,5-8,12,17H,9-11H2. The summed E-state index contributed by atoms with van der Waals surface area (Å²) >= 11 is 0. The monoisotopic (exact) mass is 434 g/mol. The number of rotatable bonds is 3. The molecule has 1 aliphatic heterocycles. The summed E-state index contributed by atoms with van der Waals surface area (Å²) in [5.41, 5.74) is 1.11. The van der Waals surface area contributed by atoms with Crippen LogP contribution in [-0.2, 0) is 19.1 Å². The normalized spacial score (nSPS) is 16.5. The molecule has 6 nitrogen and oxygen atoms in total. The Balaban J connectivity index is 1.66. The molecule has 1 unspecified atom stereocenters. The van der Waals surface area contributed by atoms with Crippen molar-refractivity contribution in [3.8, 4) is 23.1 Å². The quantitative estimate of drug-likeness (QED) is 0.321. The molecular weight excluding hydrogens is 420 g/mol. The van der Waals surface area contributed by atoms with E-state index in [1.165, 1.54) is 12.3 Å². The van der Waals surface area contributed by atoms with Gasteiger partial charge in [-0.25, -0.2) is 9.18 Å². The molecular formula is C21H14F4N2O4. The number of amides is 2. The van der Waals surface area contributed by atoms with E-state index in [1.54, 1.807) is 30.3 Å². The molecule has 2 aromatic rings. The summed E-state index contributed by atoms with van der Waals surface area (Å²) in [6.45, 7) is -0.396. The smallest absolute Gasteiger partial charge is 0.446 e. The van der Waals surface area contributed by atoms with E-state index >= 15 is 0 Å². The van der Waals surface area contributed by atoms with Crippen LogP contribution in [0, 0.1) is 17.7 Å². The van der Waals surface area contributed by atoms with E-state index in [0.717, 1.165) is 0 Å². The van der Waals surface area contributed by atoms with Gasteiger partial charge in [-0.3, -0.25) is 19.5 Å². The van der Waals surface area contributed by atoms with Gasteiger partial charge in [-0.05, 0) is 24.3 Å². The number of hydrogen-bond donors (Lipinski definition) is 0. The van der Waals surface area contributed by atoms with Crippen molar-refractivity contribution < 1.29 is 36.7 Å². The zero-order chi connectivity index (χ0) is 22.6. The number of likely N-dealkylation sites (tertiary alicyclic amines) is 1. The fraction of sp³-hybridized carbons (Fsp3) is 0.238. The lowest BCUT2D eigenvalue weighted by atomic mass is 10.1. The van der Waals surface area contributed by atoms with E-state index < -0.39 is 42.4 Å². The number of piperidine rings is 1. The largest absolute Gasteiger partial charge is 0.490 e. The van der Waals surface area contributed by atoms with Crippen molar-refractivity contribution in [2.24, 2.45) is 0 Å². The van der Waals surface area contributed by atoms with Gasteiger partial charge in [0.1, 0.15) is 5.82 Å². The molecule has 1 aromatic carbocycles. The van der Waals surface area contributed by atoms with Gasteiger partial charge in [0.2, 0.25) is 5.91 Å². The highest BCUT2D eigenvalue weighted by Gasteiger charge is 2.45. The Labute approximate surface area is 173 Å². The van der Waals surface area contributed by atoms with Gasteiger partial charge in [0.25, 0.3) is 5.91 Å². The van der Waals surface area contributed by atoms with Crippen LogP contribution in [0.15, 0.2) is 42.6 Å². The Morgan fingerprint density at radius 3 is 2.58 bits per heavy atom. The van der Waals surface area contributed by atoms with Gasteiger partial charge in [-0.15, -0.1) is 0 Å². The van der Waals surface area contributed by atoms with E-state index in [1.807, 2.05) is 0 Å². The second-order valence-corrected chi connectivity index (χ2v) is 6.46. The van der Waals surface area contributed by atoms with Gasteiger partial charge in [0.05, 0.1) is 12.2 Å². The average Bonchev–Trinajstić information content (AvgIpc) is 2.73. The molecule has 160 valence electrons. The molecule has 0 saturated carbocycles. The highest BCUT2D eigenvalue weighted by molar-refractivity contribution is 6.01. The van der Waals surface area contributed by atoms with Crippen LogP contribution in [0.2, 0.25) is 0 Å². The second kappa shape index (κ2) is 8.95. The minimum atomic E-state index is -5.24. The lowest BCUT2D eigenvalue weighted by Gasteiger charge is -2.29. The number of hydrogen-bond acceptors (Lipinski definition) is 5. The Morgan fingerprint density at radius 2 is 1.94 bits per heavy atom. The average molecular weight is 434 g/mol. The van der Waals surface area contributed by atoms with Gasteiger partial charge in [-0.2, -0.15) is 13.2 Å². The predicted octanol–water partition coefficient (Wildman–Crippen LogP) is 2.86. The molecule has 0 radical (unpaired) electrons. The van der Waals surface area contributed by atoms with Crippen LogP contribution < -0.4 is 0 Å². The van der Waals surface area contributed by atoms with Crippen LogP contribution in [0.3, 0.4) is 0 Å². The Morgan fingerprint density at radius 1 is 1.19 bits per heavy atom. The second-order valence-electron chi connectivity index (χ2n) is 6.46. The van der Waals surface area contributed by atoms with Crippen molar-refractivity contribution in [2.75, 3.05) is 6.54 Å². The van der Waals surface area contributed by atoms with E-state index in [0.29, 0.717) is 21.7 Å². The molecule has 0 aliphatic carbocycles. The SMILES string of the molecule is O=C1CCC(OC(=O)C(F)(F)F)C(=O)N1CC#Cc1ccc(-c2ccccc2F)nc1. The Bertz CT molecular complexity index is 1070. The van der Waals surface area contributed by atoms with E-state index in [9.17, 15) is 31.9 Å². The van der Waals surface area contributed by atoms with Gasteiger partial charge in [-0.1, -0.05) is 24.0 Å². The number of aromatic nitrogens is 1. The van der Waals surface area contributed by atoms with Crippen LogP contribution in [0.1, 0.15) is 18.4 Å². The number of carbonyl (C=O) groups is 3. The van der Waals surface area contributed by atoms with Crippen LogP contribution in [-0.4, -0.2) is 46.5 Å². The summed E-state index contributed by atoms with van der Waals surface area (Å²) in [6.07, 6.45) is -6.15.